The number of ketones is 1. The van der Waals surface area contributed by atoms with Crippen molar-refractivity contribution in [3.63, 3.8) is 0 Å². The SMILES string of the molecule is O=C1CC[C@@H](N2Cc3cc(N4CCC(CN5CCC6(CCN(c7ccc(-c8cnc9[nH]cc(C(=O)c%10c(F)ccc(NS(=O)(=O)N%11CC[C@@H](F)C%11)c%10F)c9c8)cc7F)CC6)C5)CC4)ccc3C2=O)C(=O)N1. The van der Waals surface area contributed by atoms with Gasteiger partial charge >= 0.3 is 10.2 Å². The summed E-state index contributed by atoms with van der Waals surface area (Å²) in [7, 11) is -4.39. The van der Waals surface area contributed by atoms with Crippen molar-refractivity contribution in [2.24, 2.45) is 11.3 Å². The fourth-order valence-corrected chi connectivity index (χ4v) is 13.0. The average molecular weight is 996 g/mol. The zero-order valence-electron chi connectivity index (χ0n) is 38.9. The highest BCUT2D eigenvalue weighted by atomic mass is 32.2. The highest BCUT2D eigenvalue weighted by Crippen LogP contribution is 2.43. The summed E-state index contributed by atoms with van der Waals surface area (Å²) < 4.78 is 89.3. The first kappa shape index (κ1) is 47.0. The Kier molecular flexibility index (Phi) is 12.1. The molecule has 6 aliphatic rings. The number of hydrogen-bond acceptors (Lipinski definition) is 10. The topological polar surface area (TPSA) is 171 Å². The number of likely N-dealkylation sites (tertiary alicyclic amines) is 1. The molecule has 15 nitrogen and oxygen atoms in total. The lowest BCUT2D eigenvalue weighted by atomic mass is 9.77. The van der Waals surface area contributed by atoms with Crippen molar-refractivity contribution >= 4 is 61.8 Å². The van der Waals surface area contributed by atoms with Crippen molar-refractivity contribution in [1.82, 2.24) is 29.4 Å². The molecule has 8 heterocycles. The number of nitrogens with zero attached hydrogens (tertiary/aromatic N) is 6. The smallest absolute Gasteiger partial charge is 0.301 e. The molecule has 0 unspecified atom stereocenters. The molecule has 5 saturated heterocycles. The van der Waals surface area contributed by atoms with Crippen LogP contribution in [-0.4, -0.2) is 127 Å². The molecule has 71 heavy (non-hydrogen) atoms. The van der Waals surface area contributed by atoms with E-state index in [1.54, 1.807) is 23.1 Å². The second-order valence-electron chi connectivity index (χ2n) is 20.1. The molecule has 6 aliphatic heterocycles. The Bertz CT molecular complexity index is 3100. The van der Waals surface area contributed by atoms with Crippen LogP contribution in [0.25, 0.3) is 22.2 Å². The van der Waals surface area contributed by atoms with Crippen LogP contribution in [0.2, 0.25) is 0 Å². The number of fused-ring (bicyclic) bond motifs is 2. The van der Waals surface area contributed by atoms with Crippen molar-refractivity contribution in [2.75, 3.05) is 73.4 Å². The molecular weight excluding hydrogens is 943 g/mol. The fraction of sp³-hybridized carbons (Fsp3) is 0.431. The number of amides is 3. The number of anilines is 3. The van der Waals surface area contributed by atoms with Crippen molar-refractivity contribution < 1.29 is 45.2 Å². The minimum Gasteiger partial charge on any atom is -0.372 e. The van der Waals surface area contributed by atoms with E-state index in [4.69, 9.17) is 0 Å². The van der Waals surface area contributed by atoms with Crippen molar-refractivity contribution in [2.45, 2.75) is 70.1 Å². The maximum absolute atomic E-state index is 16.0. The van der Waals surface area contributed by atoms with Gasteiger partial charge in [-0.3, -0.25) is 29.2 Å². The van der Waals surface area contributed by atoms with Gasteiger partial charge in [0.05, 0.1) is 16.9 Å². The quantitative estimate of drug-likeness (QED) is 0.0750. The van der Waals surface area contributed by atoms with Gasteiger partial charge < -0.3 is 24.6 Å². The van der Waals surface area contributed by atoms with E-state index in [0.717, 1.165) is 92.5 Å². The standard InChI is InChI=1S/C51H53F4N9O6S/c52-34-11-17-63(28-34)71(69,70)59-41-5-4-39(53)45(46(41)55)47(66)38-25-57-48-37(38)22-32(24-56-48)31-1-6-42(40(54)23-31)62-19-13-51(14-20-62)12-18-60(29-51)26-30-9-15-61(16-10-30)35-2-3-36-33(21-35)27-64(50(36)68)43-7-8-44(65)58-49(43)67/h1-6,21-25,30,34,43,59H,7-20,26-29H2,(H,56,57)(H,58,65,67)/t34-,43-/m1/s1. The molecular formula is C51H53F4N9O6S. The zero-order chi connectivity index (χ0) is 49.3. The summed E-state index contributed by atoms with van der Waals surface area (Å²) in [6, 6.07) is 13.5. The van der Waals surface area contributed by atoms with Gasteiger partial charge in [0.25, 0.3) is 5.91 Å². The van der Waals surface area contributed by atoms with E-state index in [1.807, 2.05) is 16.9 Å². The van der Waals surface area contributed by atoms with Gasteiger partial charge in [0, 0.05) is 105 Å². The number of aromatic nitrogens is 2. The normalized spacial score (nSPS) is 22.3. The minimum atomic E-state index is -4.39. The van der Waals surface area contributed by atoms with Gasteiger partial charge in [0.1, 0.15) is 29.5 Å². The third-order valence-electron chi connectivity index (χ3n) is 15.7. The Labute approximate surface area is 407 Å². The molecule has 0 saturated carbocycles. The van der Waals surface area contributed by atoms with Crippen LogP contribution in [0.3, 0.4) is 0 Å². The Hall–Kier alpha value is -6.38. The highest BCUT2D eigenvalue weighted by Gasteiger charge is 2.43. The van der Waals surface area contributed by atoms with E-state index in [-0.39, 0.29) is 53.2 Å². The summed E-state index contributed by atoms with van der Waals surface area (Å²) in [6.07, 6.45) is 7.07. The first-order valence-electron chi connectivity index (χ1n) is 24.3. The van der Waals surface area contributed by atoms with Crippen molar-refractivity contribution in [3.8, 4) is 11.1 Å². The summed E-state index contributed by atoms with van der Waals surface area (Å²) in [5.41, 5.74) is 2.71. The third kappa shape index (κ3) is 8.91. The molecule has 1 spiro atoms. The molecule has 3 aromatic carbocycles. The van der Waals surface area contributed by atoms with Crippen molar-refractivity contribution in [3.05, 3.63) is 107 Å². The molecule has 5 aromatic rings. The number of nitrogens with one attached hydrogen (secondary N) is 3. The molecule has 11 rings (SSSR count). The van der Waals surface area contributed by atoms with Crippen LogP contribution in [0.4, 0.5) is 34.6 Å². The van der Waals surface area contributed by atoms with Gasteiger partial charge in [0.2, 0.25) is 17.6 Å². The van der Waals surface area contributed by atoms with Gasteiger partial charge in [-0.25, -0.2) is 22.5 Å². The Balaban J connectivity index is 0.687. The van der Waals surface area contributed by atoms with Gasteiger partial charge in [0.15, 0.2) is 5.82 Å². The largest absolute Gasteiger partial charge is 0.372 e. The number of aromatic amines is 1. The number of H-pyrrole nitrogens is 1. The van der Waals surface area contributed by atoms with E-state index >= 15 is 13.2 Å². The van der Waals surface area contributed by atoms with Crippen LogP contribution in [-0.2, 0) is 26.3 Å². The molecule has 0 aliphatic carbocycles. The lowest BCUT2D eigenvalue weighted by Gasteiger charge is -2.41. The van der Waals surface area contributed by atoms with Crippen LogP contribution >= 0.6 is 0 Å². The number of hydrogen-bond donors (Lipinski definition) is 3. The number of carbonyl (C=O) groups is 4. The third-order valence-corrected chi connectivity index (χ3v) is 17.2. The molecule has 0 bridgehead atoms. The second-order valence-corrected chi connectivity index (χ2v) is 21.8. The second kappa shape index (κ2) is 18.3. The maximum atomic E-state index is 16.0. The zero-order valence-corrected chi connectivity index (χ0v) is 39.7. The summed E-state index contributed by atoms with van der Waals surface area (Å²) >= 11 is 0. The average Bonchev–Trinajstić information content (AvgIpc) is 4.16. The first-order valence-corrected chi connectivity index (χ1v) is 25.8. The van der Waals surface area contributed by atoms with Crippen LogP contribution < -0.4 is 19.8 Å². The van der Waals surface area contributed by atoms with E-state index in [0.29, 0.717) is 54.4 Å². The highest BCUT2D eigenvalue weighted by molar-refractivity contribution is 7.90. The molecule has 20 heteroatoms. The first-order chi connectivity index (χ1) is 34.1. The number of rotatable bonds is 11. The fourth-order valence-electron chi connectivity index (χ4n) is 11.7. The Morgan fingerprint density at radius 3 is 2.38 bits per heavy atom. The van der Waals surface area contributed by atoms with Crippen molar-refractivity contribution in [1.29, 1.82) is 0 Å². The molecule has 2 aromatic heterocycles. The lowest BCUT2D eigenvalue weighted by molar-refractivity contribution is -0.136. The summed E-state index contributed by atoms with van der Waals surface area (Å²) in [6.45, 7) is 6.21. The van der Waals surface area contributed by atoms with Crippen LogP contribution in [0.5, 0.6) is 0 Å². The number of alkyl halides is 1. The molecule has 3 N–H and O–H groups in total. The summed E-state index contributed by atoms with van der Waals surface area (Å²) in [4.78, 5) is 67.1. The predicted molar refractivity (Wildman–Crippen MR) is 257 cm³/mol. The number of halogens is 4. The maximum Gasteiger partial charge on any atom is 0.301 e. The summed E-state index contributed by atoms with van der Waals surface area (Å²) in [5.74, 6) is -4.42. The number of piperidine rings is 3. The number of benzene rings is 3. The number of carbonyl (C=O) groups excluding carboxylic acids is 4. The molecule has 2 atom stereocenters. The monoisotopic (exact) mass is 995 g/mol. The lowest BCUT2D eigenvalue weighted by Crippen LogP contribution is -2.52. The van der Waals surface area contributed by atoms with Crippen LogP contribution in [0.15, 0.2) is 67.0 Å². The van der Waals surface area contributed by atoms with Gasteiger partial charge in [-0.05, 0) is 122 Å². The van der Waals surface area contributed by atoms with Gasteiger partial charge in [-0.1, -0.05) is 6.07 Å². The van der Waals surface area contributed by atoms with Gasteiger partial charge in [-0.2, -0.15) is 12.7 Å². The van der Waals surface area contributed by atoms with E-state index in [2.05, 4.69) is 36.1 Å². The van der Waals surface area contributed by atoms with E-state index in [9.17, 15) is 32.0 Å². The Morgan fingerprint density at radius 1 is 0.845 bits per heavy atom. The van der Waals surface area contributed by atoms with E-state index < -0.39 is 69.4 Å². The molecule has 3 amide bonds. The van der Waals surface area contributed by atoms with Crippen LogP contribution in [0, 0.1) is 28.8 Å². The van der Waals surface area contributed by atoms with Gasteiger partial charge in [-0.15, -0.1) is 0 Å². The molecule has 5 fully saturated rings. The minimum absolute atomic E-state index is 0.0149. The molecule has 0 radical (unpaired) electrons. The molecule has 372 valence electrons. The van der Waals surface area contributed by atoms with E-state index in [1.165, 1.54) is 18.5 Å². The Morgan fingerprint density at radius 2 is 1.63 bits per heavy atom. The predicted octanol–water partition coefficient (Wildman–Crippen LogP) is 6.55. The summed E-state index contributed by atoms with van der Waals surface area (Å²) in [5, 5.41) is 2.59. The van der Waals surface area contributed by atoms with Crippen LogP contribution in [0.1, 0.15) is 83.2 Å². The number of imide groups is 1. The number of pyridine rings is 1.